The summed E-state index contributed by atoms with van der Waals surface area (Å²) in [7, 11) is -3.09. The molecule has 0 spiro atoms. The molecule has 0 saturated heterocycles. The first kappa shape index (κ1) is 17.2. The molecule has 1 rings (SSSR count). The van der Waals surface area contributed by atoms with Crippen LogP contribution in [0.4, 0.5) is 0 Å². The number of sulfone groups is 1. The first-order chi connectivity index (χ1) is 9.88. The van der Waals surface area contributed by atoms with Crippen LogP contribution in [0.5, 0.6) is 0 Å². The Morgan fingerprint density at radius 3 is 2.67 bits per heavy atom. The molecule has 21 heavy (non-hydrogen) atoms. The summed E-state index contributed by atoms with van der Waals surface area (Å²) in [5.74, 6) is 4.92. The highest BCUT2D eigenvalue weighted by atomic mass is 32.2. The molecule has 0 saturated carbocycles. The molecule has 0 aliphatic heterocycles. The average Bonchev–Trinajstić information content (AvgIpc) is 2.44. The summed E-state index contributed by atoms with van der Waals surface area (Å²) in [6.07, 6.45) is 0. The number of hydrogen-bond donors (Lipinski definition) is 2. The minimum Gasteiger partial charge on any atom is -0.384 e. The number of aliphatic hydroxyl groups excluding tert-OH is 1. The molecule has 0 aliphatic rings. The lowest BCUT2D eigenvalue weighted by Gasteiger charge is -2.07. The van der Waals surface area contributed by atoms with Gasteiger partial charge in [-0.3, -0.25) is 4.79 Å². The molecule has 0 unspecified atom stereocenters. The molecule has 0 fully saturated rings. The summed E-state index contributed by atoms with van der Waals surface area (Å²) < 4.78 is 22.7. The molecule has 1 aromatic carbocycles. The standard InChI is InChI=1S/C15H19NO4S/c1-3-21(19,20)8-6-16-15(18)14-10-12(2)9-13(11-14)5-4-7-17/h9-11,17H,3,6-8H2,1-2H3,(H,16,18). The van der Waals surface area contributed by atoms with Gasteiger partial charge < -0.3 is 10.4 Å². The Morgan fingerprint density at radius 1 is 1.33 bits per heavy atom. The maximum absolute atomic E-state index is 12.0. The van der Waals surface area contributed by atoms with E-state index in [4.69, 9.17) is 5.11 Å². The number of aryl methyl sites for hydroxylation is 1. The molecule has 1 aromatic rings. The van der Waals surface area contributed by atoms with Crippen LogP contribution in [-0.2, 0) is 9.84 Å². The number of aliphatic hydroxyl groups is 1. The monoisotopic (exact) mass is 309 g/mol. The van der Waals surface area contributed by atoms with Crippen LogP contribution in [0.25, 0.3) is 0 Å². The van der Waals surface area contributed by atoms with Crippen LogP contribution in [-0.4, -0.2) is 44.1 Å². The van der Waals surface area contributed by atoms with Gasteiger partial charge in [-0.1, -0.05) is 18.8 Å². The number of nitrogens with one attached hydrogen (secondary N) is 1. The molecule has 2 N–H and O–H groups in total. The van der Waals surface area contributed by atoms with Crippen molar-refractivity contribution in [3.8, 4) is 11.8 Å². The zero-order valence-electron chi connectivity index (χ0n) is 12.1. The molecule has 114 valence electrons. The van der Waals surface area contributed by atoms with Gasteiger partial charge in [0.05, 0.1) is 5.75 Å². The van der Waals surface area contributed by atoms with E-state index in [-0.39, 0.29) is 30.6 Å². The number of hydrogen-bond acceptors (Lipinski definition) is 4. The predicted octanol–water partition coefficient (Wildman–Crippen LogP) is 0.503. The van der Waals surface area contributed by atoms with Crippen molar-refractivity contribution >= 4 is 15.7 Å². The van der Waals surface area contributed by atoms with E-state index in [9.17, 15) is 13.2 Å². The number of carbonyl (C=O) groups is 1. The van der Waals surface area contributed by atoms with E-state index >= 15 is 0 Å². The van der Waals surface area contributed by atoms with Crippen LogP contribution < -0.4 is 5.32 Å². The third-order valence-corrected chi connectivity index (χ3v) is 4.50. The fourth-order valence-electron chi connectivity index (χ4n) is 1.69. The molecule has 0 bridgehead atoms. The number of carbonyl (C=O) groups excluding carboxylic acids is 1. The Labute approximate surface area is 125 Å². The van der Waals surface area contributed by atoms with Crippen molar-refractivity contribution in [1.29, 1.82) is 0 Å². The van der Waals surface area contributed by atoms with Gasteiger partial charge in [0.2, 0.25) is 0 Å². The highest BCUT2D eigenvalue weighted by Gasteiger charge is 2.10. The molecule has 1 amide bonds. The molecule has 5 nitrogen and oxygen atoms in total. The fourth-order valence-corrected chi connectivity index (χ4v) is 2.40. The summed E-state index contributed by atoms with van der Waals surface area (Å²) >= 11 is 0. The van der Waals surface area contributed by atoms with E-state index in [0.717, 1.165) is 5.56 Å². The van der Waals surface area contributed by atoms with Crippen LogP contribution in [0.15, 0.2) is 18.2 Å². The highest BCUT2D eigenvalue weighted by Crippen LogP contribution is 2.09. The van der Waals surface area contributed by atoms with Gasteiger partial charge in [0.1, 0.15) is 6.61 Å². The average molecular weight is 309 g/mol. The number of benzene rings is 1. The molecule has 0 radical (unpaired) electrons. The molecule has 0 aliphatic carbocycles. The van der Waals surface area contributed by atoms with Crippen LogP contribution in [0, 0.1) is 18.8 Å². The molecular formula is C15H19NO4S. The van der Waals surface area contributed by atoms with E-state index in [2.05, 4.69) is 17.2 Å². The van der Waals surface area contributed by atoms with Crippen LogP contribution >= 0.6 is 0 Å². The van der Waals surface area contributed by atoms with Crippen molar-refractivity contribution in [1.82, 2.24) is 5.32 Å². The highest BCUT2D eigenvalue weighted by molar-refractivity contribution is 7.91. The normalized spacial score (nSPS) is 10.6. The second-order valence-electron chi connectivity index (χ2n) is 4.54. The van der Waals surface area contributed by atoms with E-state index < -0.39 is 9.84 Å². The minimum absolute atomic E-state index is 0.0637. The van der Waals surface area contributed by atoms with Crippen molar-refractivity contribution in [3.63, 3.8) is 0 Å². The summed E-state index contributed by atoms with van der Waals surface area (Å²) in [5, 5.41) is 11.3. The van der Waals surface area contributed by atoms with Gasteiger partial charge in [-0.15, -0.1) is 0 Å². The number of amides is 1. The summed E-state index contributed by atoms with van der Waals surface area (Å²) in [6, 6.07) is 5.12. The van der Waals surface area contributed by atoms with Gasteiger partial charge in [-0.25, -0.2) is 8.42 Å². The molecule has 0 atom stereocenters. The van der Waals surface area contributed by atoms with E-state index in [0.29, 0.717) is 11.1 Å². The Bertz CT molecular complexity index is 669. The first-order valence-electron chi connectivity index (χ1n) is 6.58. The lowest BCUT2D eigenvalue weighted by molar-refractivity contribution is 0.0956. The van der Waals surface area contributed by atoms with Gasteiger partial charge in [0.25, 0.3) is 5.91 Å². The maximum Gasteiger partial charge on any atom is 0.251 e. The zero-order valence-corrected chi connectivity index (χ0v) is 13.0. The topological polar surface area (TPSA) is 83.5 Å². The molecular weight excluding hydrogens is 290 g/mol. The van der Waals surface area contributed by atoms with Gasteiger partial charge in [0, 0.05) is 23.4 Å². The van der Waals surface area contributed by atoms with E-state index in [1.165, 1.54) is 0 Å². The van der Waals surface area contributed by atoms with Crippen LogP contribution in [0.3, 0.4) is 0 Å². The lowest BCUT2D eigenvalue weighted by atomic mass is 10.1. The smallest absolute Gasteiger partial charge is 0.251 e. The van der Waals surface area contributed by atoms with Gasteiger partial charge in [0.15, 0.2) is 9.84 Å². The van der Waals surface area contributed by atoms with Gasteiger partial charge >= 0.3 is 0 Å². The largest absolute Gasteiger partial charge is 0.384 e. The van der Waals surface area contributed by atoms with Crippen LogP contribution in [0.2, 0.25) is 0 Å². The Morgan fingerprint density at radius 2 is 2.05 bits per heavy atom. The third-order valence-electron chi connectivity index (χ3n) is 2.79. The quantitative estimate of drug-likeness (QED) is 0.776. The van der Waals surface area contributed by atoms with Gasteiger partial charge in [-0.05, 0) is 30.7 Å². The second kappa shape index (κ2) is 7.81. The maximum atomic E-state index is 12.0. The molecule has 6 heteroatoms. The fraction of sp³-hybridized carbons (Fsp3) is 0.400. The summed E-state index contributed by atoms with van der Waals surface area (Å²) in [5.41, 5.74) is 1.92. The second-order valence-corrected chi connectivity index (χ2v) is 7.01. The summed E-state index contributed by atoms with van der Waals surface area (Å²) in [6.45, 7) is 3.25. The molecule has 0 heterocycles. The van der Waals surface area contributed by atoms with Crippen LogP contribution in [0.1, 0.15) is 28.4 Å². The molecule has 0 aromatic heterocycles. The minimum atomic E-state index is -3.09. The summed E-state index contributed by atoms with van der Waals surface area (Å²) in [4.78, 5) is 12.0. The van der Waals surface area contributed by atoms with Crippen molar-refractivity contribution in [2.75, 3.05) is 24.7 Å². The predicted molar refractivity (Wildman–Crippen MR) is 81.8 cm³/mol. The third kappa shape index (κ3) is 5.98. The van der Waals surface area contributed by atoms with E-state index in [1.807, 2.05) is 6.92 Å². The van der Waals surface area contributed by atoms with Crippen molar-refractivity contribution < 1.29 is 18.3 Å². The Kier molecular flexibility index (Phi) is 6.40. The van der Waals surface area contributed by atoms with E-state index in [1.54, 1.807) is 25.1 Å². The lowest BCUT2D eigenvalue weighted by Crippen LogP contribution is -2.29. The zero-order chi connectivity index (χ0) is 15.9. The Balaban J connectivity index is 2.76. The van der Waals surface area contributed by atoms with Crippen molar-refractivity contribution in [2.24, 2.45) is 0 Å². The number of rotatable bonds is 5. The first-order valence-corrected chi connectivity index (χ1v) is 8.40. The van der Waals surface area contributed by atoms with Crippen molar-refractivity contribution in [3.05, 3.63) is 34.9 Å². The SMILES string of the molecule is CCS(=O)(=O)CCNC(=O)c1cc(C)cc(C#CCO)c1. The van der Waals surface area contributed by atoms with Gasteiger partial charge in [-0.2, -0.15) is 0 Å². The Hall–Kier alpha value is -1.84. The van der Waals surface area contributed by atoms with Crippen molar-refractivity contribution in [2.45, 2.75) is 13.8 Å².